The van der Waals surface area contributed by atoms with Gasteiger partial charge in [0.1, 0.15) is 17.9 Å². The number of fused-ring (bicyclic) bond motifs is 1. The number of benzene rings is 2. The zero-order chi connectivity index (χ0) is 16.5. The lowest BCUT2D eigenvalue weighted by Crippen LogP contribution is -2.20. The predicted octanol–water partition coefficient (Wildman–Crippen LogP) is 3.31. The lowest BCUT2D eigenvalue weighted by molar-refractivity contribution is 0.627. The molecule has 118 valence electrons. The fraction of sp³-hybridized carbons (Fsp3) is 0.111. The highest BCUT2D eigenvalue weighted by atomic mass is 19.1. The Morgan fingerprint density at radius 2 is 1.96 bits per heavy atom. The van der Waals surface area contributed by atoms with E-state index in [1.807, 2.05) is 31.2 Å². The van der Waals surface area contributed by atoms with Gasteiger partial charge in [0.2, 0.25) is 0 Å². The molecule has 6 heteroatoms. The lowest BCUT2D eigenvalue weighted by atomic mass is 10.1. The summed E-state index contributed by atoms with van der Waals surface area (Å²) >= 11 is 0. The number of aliphatic imine (C=N–C) groups is 2. The van der Waals surface area contributed by atoms with E-state index in [-0.39, 0.29) is 5.82 Å². The molecular formula is C18H14FN5. The van der Waals surface area contributed by atoms with Crippen LogP contribution in [0.5, 0.6) is 0 Å². The zero-order valence-electron chi connectivity index (χ0n) is 13.0. The first-order valence-electron chi connectivity index (χ1n) is 7.56. The summed E-state index contributed by atoms with van der Waals surface area (Å²) < 4.78 is 15.1. The largest absolute Gasteiger partial charge is 0.260 e. The molecule has 2 heterocycles. The maximum Gasteiger partial charge on any atom is 0.254 e. The minimum Gasteiger partial charge on any atom is -0.260 e. The van der Waals surface area contributed by atoms with Gasteiger partial charge in [-0.3, -0.25) is 4.99 Å². The van der Waals surface area contributed by atoms with Gasteiger partial charge in [-0.25, -0.2) is 9.38 Å². The molecule has 0 N–H and O–H groups in total. The molecule has 0 unspecified atom stereocenters. The first-order chi connectivity index (χ1) is 11.7. The number of rotatable bonds is 3. The smallest absolute Gasteiger partial charge is 0.254 e. The van der Waals surface area contributed by atoms with Gasteiger partial charge < -0.3 is 0 Å². The Labute approximate surface area is 138 Å². The van der Waals surface area contributed by atoms with E-state index in [4.69, 9.17) is 0 Å². The summed E-state index contributed by atoms with van der Waals surface area (Å²) in [4.78, 5) is 13.2. The normalized spacial score (nSPS) is 14.8. The van der Waals surface area contributed by atoms with Crippen molar-refractivity contribution in [2.45, 2.75) is 13.5 Å². The average Bonchev–Trinajstić information content (AvgIpc) is 3.16. The molecule has 1 aromatic heterocycles. The van der Waals surface area contributed by atoms with E-state index in [0.717, 1.165) is 5.56 Å². The first kappa shape index (κ1) is 14.4. The van der Waals surface area contributed by atoms with E-state index < -0.39 is 0 Å². The highest BCUT2D eigenvalue weighted by Crippen LogP contribution is 2.20. The SMILES string of the molecule is Cc1ccc(CN=C2C(c3cccc(F)c3)=Nc3ncnn32)cc1. The molecule has 0 spiro atoms. The molecule has 0 amide bonds. The summed E-state index contributed by atoms with van der Waals surface area (Å²) in [5.74, 6) is 0.719. The molecule has 0 radical (unpaired) electrons. The van der Waals surface area contributed by atoms with Crippen LogP contribution in [0.3, 0.4) is 0 Å². The topological polar surface area (TPSA) is 55.4 Å². The van der Waals surface area contributed by atoms with E-state index in [2.05, 4.69) is 20.1 Å². The van der Waals surface area contributed by atoms with Gasteiger partial charge in [-0.2, -0.15) is 14.8 Å². The van der Waals surface area contributed by atoms with Gasteiger partial charge >= 0.3 is 0 Å². The molecule has 0 fully saturated rings. The van der Waals surface area contributed by atoms with Crippen LogP contribution in [0.15, 0.2) is 64.8 Å². The predicted molar refractivity (Wildman–Crippen MR) is 90.3 cm³/mol. The highest BCUT2D eigenvalue weighted by Gasteiger charge is 2.25. The number of nitrogens with zero attached hydrogens (tertiary/aromatic N) is 5. The van der Waals surface area contributed by atoms with Crippen molar-refractivity contribution < 1.29 is 4.39 Å². The van der Waals surface area contributed by atoms with Gasteiger partial charge in [0.05, 0.1) is 6.54 Å². The fourth-order valence-electron chi connectivity index (χ4n) is 2.54. The van der Waals surface area contributed by atoms with Crippen LogP contribution in [-0.2, 0) is 6.54 Å². The van der Waals surface area contributed by atoms with E-state index >= 15 is 0 Å². The van der Waals surface area contributed by atoms with E-state index in [9.17, 15) is 4.39 Å². The van der Waals surface area contributed by atoms with Crippen molar-refractivity contribution in [3.63, 3.8) is 0 Å². The molecule has 5 nitrogen and oxygen atoms in total. The molecule has 0 aliphatic carbocycles. The Balaban J connectivity index is 1.72. The second-order valence-corrected chi connectivity index (χ2v) is 5.57. The second-order valence-electron chi connectivity index (χ2n) is 5.57. The van der Waals surface area contributed by atoms with Crippen LogP contribution in [0, 0.1) is 12.7 Å². The molecule has 0 saturated carbocycles. The molecule has 4 rings (SSSR count). The van der Waals surface area contributed by atoms with Gasteiger partial charge in [0.15, 0.2) is 5.84 Å². The Morgan fingerprint density at radius 1 is 1.12 bits per heavy atom. The van der Waals surface area contributed by atoms with Crippen molar-refractivity contribution in [1.29, 1.82) is 0 Å². The van der Waals surface area contributed by atoms with E-state index in [0.29, 0.717) is 29.6 Å². The summed E-state index contributed by atoms with van der Waals surface area (Å²) in [6.07, 6.45) is 1.43. The number of hydrogen-bond donors (Lipinski definition) is 0. The molecule has 24 heavy (non-hydrogen) atoms. The Bertz CT molecular complexity index is 954. The van der Waals surface area contributed by atoms with Crippen LogP contribution < -0.4 is 0 Å². The molecular weight excluding hydrogens is 305 g/mol. The van der Waals surface area contributed by atoms with E-state index in [1.54, 1.807) is 16.8 Å². The number of hydrogen-bond acceptors (Lipinski definition) is 4. The van der Waals surface area contributed by atoms with Crippen LogP contribution in [0.4, 0.5) is 10.3 Å². The van der Waals surface area contributed by atoms with Crippen LogP contribution in [-0.4, -0.2) is 26.3 Å². The highest BCUT2D eigenvalue weighted by molar-refractivity contribution is 6.50. The minimum atomic E-state index is -0.314. The standard InChI is InChI=1S/C18H14FN5/c1-12-5-7-13(8-6-12)10-20-17-16(14-3-2-4-15(19)9-14)23-18-21-11-22-24(17)18/h2-9,11H,10H2,1H3. The van der Waals surface area contributed by atoms with Crippen LogP contribution in [0.1, 0.15) is 16.7 Å². The minimum absolute atomic E-state index is 0.314. The summed E-state index contributed by atoms with van der Waals surface area (Å²) in [6.45, 7) is 2.53. The van der Waals surface area contributed by atoms with E-state index in [1.165, 1.54) is 24.0 Å². The van der Waals surface area contributed by atoms with Crippen LogP contribution in [0.25, 0.3) is 0 Å². The maximum absolute atomic E-state index is 13.6. The molecule has 2 aromatic carbocycles. The van der Waals surface area contributed by atoms with Gasteiger partial charge in [-0.1, -0.05) is 42.0 Å². The van der Waals surface area contributed by atoms with Crippen molar-refractivity contribution in [3.05, 3.63) is 77.4 Å². The van der Waals surface area contributed by atoms with Gasteiger partial charge in [0.25, 0.3) is 5.95 Å². The third-order valence-corrected chi connectivity index (χ3v) is 3.78. The third-order valence-electron chi connectivity index (χ3n) is 3.78. The molecule has 1 aliphatic heterocycles. The molecule has 1 aliphatic rings. The van der Waals surface area contributed by atoms with Crippen LogP contribution in [0.2, 0.25) is 0 Å². The van der Waals surface area contributed by atoms with Crippen molar-refractivity contribution in [2.75, 3.05) is 0 Å². The van der Waals surface area contributed by atoms with Gasteiger partial charge in [0, 0.05) is 5.56 Å². The third kappa shape index (κ3) is 2.62. The van der Waals surface area contributed by atoms with Crippen LogP contribution >= 0.6 is 0 Å². The number of aromatic nitrogens is 3. The quantitative estimate of drug-likeness (QED) is 0.744. The molecule has 3 aromatic rings. The summed E-state index contributed by atoms with van der Waals surface area (Å²) in [6, 6.07) is 14.5. The Kier molecular flexibility index (Phi) is 3.49. The molecule has 0 saturated heterocycles. The maximum atomic E-state index is 13.6. The van der Waals surface area contributed by atoms with Gasteiger partial charge in [-0.15, -0.1) is 0 Å². The second kappa shape index (κ2) is 5.81. The van der Waals surface area contributed by atoms with Crippen molar-refractivity contribution >= 4 is 17.5 Å². The first-order valence-corrected chi connectivity index (χ1v) is 7.56. The van der Waals surface area contributed by atoms with Crippen molar-refractivity contribution in [3.8, 4) is 0 Å². The average molecular weight is 319 g/mol. The van der Waals surface area contributed by atoms with Crippen molar-refractivity contribution in [1.82, 2.24) is 14.8 Å². The summed E-state index contributed by atoms with van der Waals surface area (Å²) in [7, 11) is 0. The Hall–Kier alpha value is -3.15. The molecule has 0 bridgehead atoms. The molecule has 0 atom stereocenters. The summed E-state index contributed by atoms with van der Waals surface area (Å²) in [5.41, 5.74) is 3.52. The van der Waals surface area contributed by atoms with Crippen molar-refractivity contribution in [2.24, 2.45) is 9.98 Å². The monoisotopic (exact) mass is 319 g/mol. The lowest BCUT2D eigenvalue weighted by Gasteiger charge is -2.05. The Morgan fingerprint density at radius 3 is 2.75 bits per heavy atom. The summed E-state index contributed by atoms with van der Waals surface area (Å²) in [5, 5.41) is 4.17. The number of halogens is 1. The van der Waals surface area contributed by atoms with Gasteiger partial charge in [-0.05, 0) is 24.6 Å². The fourth-order valence-corrected chi connectivity index (χ4v) is 2.54. The number of aryl methyl sites for hydroxylation is 1. The zero-order valence-corrected chi connectivity index (χ0v) is 13.0.